The van der Waals surface area contributed by atoms with Gasteiger partial charge in [0.15, 0.2) is 5.13 Å². The van der Waals surface area contributed by atoms with E-state index in [1.165, 1.54) is 12.1 Å². The summed E-state index contributed by atoms with van der Waals surface area (Å²) in [6, 6.07) is 12.2. The van der Waals surface area contributed by atoms with Gasteiger partial charge in [0.1, 0.15) is 5.82 Å². The van der Waals surface area contributed by atoms with E-state index in [1.54, 1.807) is 17.4 Å². The van der Waals surface area contributed by atoms with Crippen LogP contribution in [0, 0.1) is 5.82 Å². The van der Waals surface area contributed by atoms with Gasteiger partial charge in [-0.05, 0) is 43.3 Å². The second-order valence-electron chi connectivity index (χ2n) is 4.45. The van der Waals surface area contributed by atoms with Crippen LogP contribution in [0.5, 0.6) is 0 Å². The average Bonchev–Trinajstić information content (AvgIpc) is 2.82. The van der Waals surface area contributed by atoms with E-state index in [0.29, 0.717) is 0 Å². The molecule has 0 radical (unpaired) electrons. The maximum absolute atomic E-state index is 13.4. The number of hydrogen-bond donors (Lipinski definition) is 1. The van der Waals surface area contributed by atoms with E-state index in [4.69, 9.17) is 5.73 Å². The Morgan fingerprint density at radius 3 is 2.85 bits per heavy atom. The Labute approximate surface area is 120 Å². The summed E-state index contributed by atoms with van der Waals surface area (Å²) >= 11 is 1.56. The maximum atomic E-state index is 13.4. The Bertz CT molecular complexity index is 754. The number of halogens is 1. The van der Waals surface area contributed by atoms with Crippen molar-refractivity contribution >= 4 is 38.1 Å². The van der Waals surface area contributed by atoms with Crippen molar-refractivity contribution < 1.29 is 4.39 Å². The molecule has 2 aromatic carbocycles. The van der Waals surface area contributed by atoms with Crippen molar-refractivity contribution in [2.75, 3.05) is 17.2 Å². The third-order valence-corrected chi connectivity index (χ3v) is 4.11. The molecule has 0 aliphatic heterocycles. The molecule has 3 rings (SSSR count). The van der Waals surface area contributed by atoms with Crippen LogP contribution in [0.25, 0.3) is 10.2 Å². The fraction of sp³-hybridized carbons (Fsp3) is 0.133. The van der Waals surface area contributed by atoms with Gasteiger partial charge in [0, 0.05) is 17.9 Å². The number of rotatable bonds is 3. The monoisotopic (exact) mass is 287 g/mol. The molecule has 5 heteroatoms. The van der Waals surface area contributed by atoms with Crippen molar-refractivity contribution in [3.05, 3.63) is 48.3 Å². The van der Waals surface area contributed by atoms with Crippen molar-refractivity contribution in [3.63, 3.8) is 0 Å². The lowest BCUT2D eigenvalue weighted by molar-refractivity contribution is 0.627. The molecule has 0 saturated heterocycles. The van der Waals surface area contributed by atoms with Crippen molar-refractivity contribution in [1.82, 2.24) is 4.98 Å². The van der Waals surface area contributed by atoms with Crippen LogP contribution < -0.4 is 10.6 Å². The van der Waals surface area contributed by atoms with Crippen LogP contribution in [0.4, 0.5) is 20.9 Å². The van der Waals surface area contributed by atoms with Gasteiger partial charge in [-0.15, -0.1) is 0 Å². The van der Waals surface area contributed by atoms with E-state index in [0.717, 1.165) is 33.3 Å². The molecule has 1 aromatic heterocycles. The van der Waals surface area contributed by atoms with Gasteiger partial charge >= 0.3 is 0 Å². The highest BCUT2D eigenvalue weighted by Gasteiger charge is 2.13. The Hall–Kier alpha value is -2.14. The summed E-state index contributed by atoms with van der Waals surface area (Å²) in [5, 5.41) is 0.846. The van der Waals surface area contributed by atoms with E-state index in [-0.39, 0.29) is 5.82 Å². The maximum Gasteiger partial charge on any atom is 0.190 e. The predicted molar refractivity (Wildman–Crippen MR) is 83.1 cm³/mol. The van der Waals surface area contributed by atoms with E-state index >= 15 is 0 Å². The molecule has 0 atom stereocenters. The lowest BCUT2D eigenvalue weighted by Gasteiger charge is -2.19. The van der Waals surface area contributed by atoms with Crippen LogP contribution in [0.15, 0.2) is 42.5 Å². The van der Waals surface area contributed by atoms with Crippen LogP contribution in [0.1, 0.15) is 6.92 Å². The highest BCUT2D eigenvalue weighted by Crippen LogP contribution is 2.34. The minimum atomic E-state index is -0.244. The zero-order chi connectivity index (χ0) is 14.1. The molecule has 0 aliphatic rings. The molecule has 3 aromatic rings. The number of thiazole rings is 1. The molecule has 0 aliphatic carbocycles. The molecule has 20 heavy (non-hydrogen) atoms. The Morgan fingerprint density at radius 1 is 1.25 bits per heavy atom. The van der Waals surface area contributed by atoms with Crippen molar-refractivity contribution in [1.29, 1.82) is 0 Å². The molecule has 0 fully saturated rings. The van der Waals surface area contributed by atoms with Gasteiger partial charge in [0.25, 0.3) is 0 Å². The predicted octanol–water partition coefficient (Wildman–Crippen LogP) is 4.18. The van der Waals surface area contributed by atoms with Gasteiger partial charge < -0.3 is 10.6 Å². The quantitative estimate of drug-likeness (QED) is 0.735. The zero-order valence-corrected chi connectivity index (χ0v) is 11.8. The largest absolute Gasteiger partial charge is 0.399 e. The molecular weight excluding hydrogens is 273 g/mol. The Kier molecular flexibility index (Phi) is 3.28. The number of benzene rings is 2. The lowest BCUT2D eigenvalue weighted by Crippen LogP contribution is -2.15. The van der Waals surface area contributed by atoms with E-state index in [9.17, 15) is 4.39 Å². The van der Waals surface area contributed by atoms with Crippen LogP contribution in [0.2, 0.25) is 0 Å². The number of aromatic nitrogens is 1. The fourth-order valence-electron chi connectivity index (χ4n) is 2.12. The minimum Gasteiger partial charge on any atom is -0.399 e. The summed E-state index contributed by atoms with van der Waals surface area (Å²) in [6.45, 7) is 2.74. The molecular formula is C15H14FN3S. The van der Waals surface area contributed by atoms with Gasteiger partial charge in [-0.3, -0.25) is 0 Å². The second-order valence-corrected chi connectivity index (χ2v) is 5.46. The SMILES string of the molecule is CCN(c1cccc(F)c1)c1nc2ccc(N)cc2s1. The standard InChI is InChI=1S/C15H14FN3S/c1-2-19(12-5-3-4-10(16)8-12)15-18-13-7-6-11(17)9-14(13)20-15/h3-9H,2,17H2,1H3. The molecule has 0 bridgehead atoms. The summed E-state index contributed by atoms with van der Waals surface area (Å²) in [4.78, 5) is 6.59. The smallest absolute Gasteiger partial charge is 0.190 e. The second kappa shape index (κ2) is 5.09. The summed E-state index contributed by atoms with van der Waals surface area (Å²) in [5.74, 6) is -0.244. The Balaban J connectivity index is 2.07. The average molecular weight is 287 g/mol. The molecule has 3 nitrogen and oxygen atoms in total. The van der Waals surface area contributed by atoms with Gasteiger partial charge in [-0.25, -0.2) is 9.37 Å². The lowest BCUT2D eigenvalue weighted by atomic mass is 10.3. The number of fused-ring (bicyclic) bond motifs is 1. The van der Waals surface area contributed by atoms with Crippen molar-refractivity contribution in [2.24, 2.45) is 0 Å². The third-order valence-electron chi connectivity index (χ3n) is 3.07. The van der Waals surface area contributed by atoms with E-state index in [1.807, 2.05) is 36.1 Å². The summed E-state index contributed by atoms with van der Waals surface area (Å²) < 4.78 is 14.4. The molecule has 0 amide bonds. The van der Waals surface area contributed by atoms with Crippen molar-refractivity contribution in [2.45, 2.75) is 6.92 Å². The highest BCUT2D eigenvalue weighted by atomic mass is 32.1. The first kappa shape index (κ1) is 12.9. The normalized spacial score (nSPS) is 10.9. The Morgan fingerprint density at radius 2 is 2.10 bits per heavy atom. The molecule has 102 valence electrons. The van der Waals surface area contributed by atoms with Crippen LogP contribution in [-0.2, 0) is 0 Å². The van der Waals surface area contributed by atoms with Crippen molar-refractivity contribution in [3.8, 4) is 0 Å². The highest BCUT2D eigenvalue weighted by molar-refractivity contribution is 7.22. The first-order valence-electron chi connectivity index (χ1n) is 6.36. The zero-order valence-electron chi connectivity index (χ0n) is 11.0. The molecule has 2 N–H and O–H groups in total. The van der Waals surface area contributed by atoms with Gasteiger partial charge in [0.2, 0.25) is 0 Å². The summed E-state index contributed by atoms with van der Waals surface area (Å²) in [6.07, 6.45) is 0. The summed E-state index contributed by atoms with van der Waals surface area (Å²) in [7, 11) is 0. The topological polar surface area (TPSA) is 42.2 Å². The van der Waals surface area contributed by atoms with E-state index < -0.39 is 0 Å². The fourth-order valence-corrected chi connectivity index (χ4v) is 3.22. The number of nitrogen functional groups attached to an aromatic ring is 1. The number of hydrogen-bond acceptors (Lipinski definition) is 4. The van der Waals surface area contributed by atoms with Gasteiger partial charge in [-0.1, -0.05) is 17.4 Å². The van der Waals surface area contributed by atoms with Crippen LogP contribution in [-0.4, -0.2) is 11.5 Å². The molecule has 0 spiro atoms. The molecule has 0 saturated carbocycles. The number of nitrogens with zero attached hydrogens (tertiary/aromatic N) is 2. The minimum absolute atomic E-state index is 0.244. The van der Waals surface area contributed by atoms with E-state index in [2.05, 4.69) is 4.98 Å². The first-order valence-corrected chi connectivity index (χ1v) is 7.18. The number of anilines is 3. The van der Waals surface area contributed by atoms with Crippen LogP contribution in [0.3, 0.4) is 0 Å². The number of nitrogens with two attached hydrogens (primary N) is 1. The van der Waals surface area contributed by atoms with Crippen LogP contribution >= 0.6 is 11.3 Å². The summed E-state index contributed by atoms with van der Waals surface area (Å²) in [5.41, 5.74) is 8.23. The van der Waals surface area contributed by atoms with Gasteiger partial charge in [0.05, 0.1) is 10.2 Å². The first-order chi connectivity index (χ1) is 9.67. The molecule has 0 unspecified atom stereocenters. The molecule has 1 heterocycles. The third kappa shape index (κ3) is 2.32. The van der Waals surface area contributed by atoms with Gasteiger partial charge in [-0.2, -0.15) is 0 Å².